The Hall–Kier alpha value is -0.520. The molecule has 44 valence electrons. The van der Waals surface area contributed by atoms with Crippen LogP contribution in [-0.2, 0) is 4.74 Å². The van der Waals surface area contributed by atoms with Crippen LogP contribution in [0.5, 0.6) is 0 Å². The minimum atomic E-state index is -0.958. The molecule has 1 heterocycles. The van der Waals surface area contributed by atoms with E-state index in [4.69, 9.17) is 16.3 Å². The summed E-state index contributed by atoms with van der Waals surface area (Å²) in [6, 6.07) is 0. The van der Waals surface area contributed by atoms with E-state index in [-0.39, 0.29) is 0 Å². The minimum Gasteiger partial charge on any atom is -0.377 e. The molecule has 1 fully saturated rings. The van der Waals surface area contributed by atoms with Gasteiger partial charge in [0.15, 0.2) is 5.60 Å². The number of aliphatic hydroxyl groups is 1. The minimum absolute atomic E-state index is 0.295. The van der Waals surface area contributed by atoms with Crippen molar-refractivity contribution in [2.75, 3.05) is 13.2 Å². The molecule has 1 N–H and O–H groups in total. The fraction of sp³-hybridized carbons (Fsp3) is 0.667. The summed E-state index contributed by atoms with van der Waals surface area (Å²) in [5.74, 6) is 2.27. The van der Waals surface area contributed by atoms with Gasteiger partial charge in [0.2, 0.25) is 0 Å². The standard InChI is InChI=1S/C6H8O2/c1-2-6(7)3-4-8-5-6/h1,7H,3-5H2. The lowest BCUT2D eigenvalue weighted by Crippen LogP contribution is -2.25. The van der Waals surface area contributed by atoms with Crippen molar-refractivity contribution < 1.29 is 9.84 Å². The molecule has 1 aliphatic rings. The molecule has 0 aromatic heterocycles. The van der Waals surface area contributed by atoms with Gasteiger partial charge in [0.05, 0.1) is 13.2 Å². The van der Waals surface area contributed by atoms with Crippen LogP contribution in [-0.4, -0.2) is 23.9 Å². The van der Waals surface area contributed by atoms with Gasteiger partial charge in [-0.1, -0.05) is 5.92 Å². The molecule has 2 heteroatoms. The molecule has 8 heavy (non-hydrogen) atoms. The average Bonchev–Trinajstić information content (AvgIpc) is 2.17. The predicted octanol–water partition coefficient (Wildman–Crippen LogP) is -0.229. The van der Waals surface area contributed by atoms with Gasteiger partial charge in [-0.05, 0) is 0 Å². The molecule has 1 aliphatic heterocycles. The van der Waals surface area contributed by atoms with Gasteiger partial charge in [-0.15, -0.1) is 6.42 Å². The molecule has 0 radical (unpaired) electrons. The summed E-state index contributed by atoms with van der Waals surface area (Å²) in [6.45, 7) is 0.879. The Kier molecular flexibility index (Phi) is 1.24. The van der Waals surface area contributed by atoms with Crippen LogP contribution in [0.4, 0.5) is 0 Å². The molecule has 1 saturated heterocycles. The second-order valence-corrected chi connectivity index (χ2v) is 1.98. The zero-order chi connectivity index (χ0) is 6.04. The first-order valence-corrected chi connectivity index (χ1v) is 2.55. The van der Waals surface area contributed by atoms with E-state index in [2.05, 4.69) is 5.92 Å². The molecule has 0 aliphatic carbocycles. The molecule has 0 spiro atoms. The monoisotopic (exact) mass is 112 g/mol. The second-order valence-electron chi connectivity index (χ2n) is 1.98. The molecule has 1 unspecified atom stereocenters. The Morgan fingerprint density at radius 2 is 2.50 bits per heavy atom. The summed E-state index contributed by atoms with van der Waals surface area (Å²) in [4.78, 5) is 0. The number of hydrogen-bond donors (Lipinski definition) is 1. The summed E-state index contributed by atoms with van der Waals surface area (Å²) in [7, 11) is 0. The topological polar surface area (TPSA) is 29.5 Å². The van der Waals surface area contributed by atoms with Crippen molar-refractivity contribution in [3.8, 4) is 12.3 Å². The molecule has 0 amide bonds. The first kappa shape index (κ1) is 5.61. The van der Waals surface area contributed by atoms with Gasteiger partial charge < -0.3 is 9.84 Å². The maximum absolute atomic E-state index is 9.14. The van der Waals surface area contributed by atoms with Crippen LogP contribution in [0.1, 0.15) is 6.42 Å². The zero-order valence-corrected chi connectivity index (χ0v) is 4.55. The van der Waals surface area contributed by atoms with E-state index < -0.39 is 5.60 Å². The highest BCUT2D eigenvalue weighted by Gasteiger charge is 2.29. The van der Waals surface area contributed by atoms with Crippen molar-refractivity contribution in [1.82, 2.24) is 0 Å². The largest absolute Gasteiger partial charge is 0.377 e. The van der Waals surface area contributed by atoms with E-state index in [9.17, 15) is 0 Å². The molecule has 0 aromatic carbocycles. The quantitative estimate of drug-likeness (QED) is 0.439. The Bertz CT molecular complexity index is 117. The third-order valence-electron chi connectivity index (χ3n) is 1.27. The second kappa shape index (κ2) is 1.77. The third-order valence-corrected chi connectivity index (χ3v) is 1.27. The predicted molar refractivity (Wildman–Crippen MR) is 29.2 cm³/mol. The van der Waals surface area contributed by atoms with Crippen molar-refractivity contribution in [3.63, 3.8) is 0 Å². The van der Waals surface area contributed by atoms with E-state index in [1.54, 1.807) is 0 Å². The van der Waals surface area contributed by atoms with Crippen LogP contribution < -0.4 is 0 Å². The molecular weight excluding hydrogens is 104 g/mol. The van der Waals surface area contributed by atoms with Crippen molar-refractivity contribution in [1.29, 1.82) is 0 Å². The Morgan fingerprint density at radius 1 is 1.75 bits per heavy atom. The van der Waals surface area contributed by atoms with Gasteiger partial charge in [0.1, 0.15) is 0 Å². The summed E-state index contributed by atoms with van der Waals surface area (Å²) in [5, 5.41) is 9.14. The van der Waals surface area contributed by atoms with Crippen molar-refractivity contribution >= 4 is 0 Å². The highest BCUT2D eigenvalue weighted by Crippen LogP contribution is 2.15. The normalized spacial score (nSPS) is 37.0. The van der Waals surface area contributed by atoms with Crippen molar-refractivity contribution in [2.45, 2.75) is 12.0 Å². The van der Waals surface area contributed by atoms with Gasteiger partial charge in [-0.3, -0.25) is 0 Å². The number of hydrogen-bond acceptors (Lipinski definition) is 2. The lowest BCUT2D eigenvalue weighted by molar-refractivity contribution is 0.0766. The fourth-order valence-electron chi connectivity index (χ4n) is 0.668. The van der Waals surface area contributed by atoms with Gasteiger partial charge in [-0.25, -0.2) is 0 Å². The SMILES string of the molecule is C#CC1(O)CCOC1. The van der Waals surface area contributed by atoms with E-state index in [0.717, 1.165) is 0 Å². The van der Waals surface area contributed by atoms with Crippen LogP contribution in [0.2, 0.25) is 0 Å². The maximum atomic E-state index is 9.14. The van der Waals surface area contributed by atoms with Gasteiger partial charge in [0.25, 0.3) is 0 Å². The summed E-state index contributed by atoms with van der Waals surface area (Å²) in [6.07, 6.45) is 5.56. The fourth-order valence-corrected chi connectivity index (χ4v) is 0.668. The van der Waals surface area contributed by atoms with Crippen molar-refractivity contribution in [2.24, 2.45) is 0 Å². The van der Waals surface area contributed by atoms with Crippen LogP contribution >= 0.6 is 0 Å². The highest BCUT2D eigenvalue weighted by molar-refractivity contribution is 5.09. The van der Waals surface area contributed by atoms with Crippen LogP contribution in [0.15, 0.2) is 0 Å². The lowest BCUT2D eigenvalue weighted by Gasteiger charge is -2.09. The smallest absolute Gasteiger partial charge is 0.150 e. The summed E-state index contributed by atoms with van der Waals surface area (Å²) < 4.78 is 4.86. The number of terminal acetylenes is 1. The maximum Gasteiger partial charge on any atom is 0.150 e. The number of ether oxygens (including phenoxy) is 1. The Labute approximate surface area is 48.5 Å². The third kappa shape index (κ3) is 0.835. The molecule has 0 aromatic rings. The summed E-state index contributed by atoms with van der Waals surface area (Å²) in [5.41, 5.74) is -0.958. The van der Waals surface area contributed by atoms with Gasteiger partial charge >= 0.3 is 0 Å². The van der Waals surface area contributed by atoms with Crippen LogP contribution in [0.3, 0.4) is 0 Å². The average molecular weight is 112 g/mol. The van der Waals surface area contributed by atoms with Gasteiger partial charge in [0, 0.05) is 6.42 Å². The molecule has 0 saturated carbocycles. The molecule has 1 atom stereocenters. The number of rotatable bonds is 0. The van der Waals surface area contributed by atoms with Gasteiger partial charge in [-0.2, -0.15) is 0 Å². The molecule has 0 bridgehead atoms. The molecular formula is C6H8O2. The Balaban J connectivity index is 2.56. The highest BCUT2D eigenvalue weighted by atomic mass is 16.5. The van der Waals surface area contributed by atoms with E-state index in [0.29, 0.717) is 19.6 Å². The van der Waals surface area contributed by atoms with Crippen molar-refractivity contribution in [3.05, 3.63) is 0 Å². The van der Waals surface area contributed by atoms with Crippen LogP contribution in [0.25, 0.3) is 0 Å². The van der Waals surface area contributed by atoms with E-state index >= 15 is 0 Å². The van der Waals surface area contributed by atoms with E-state index in [1.807, 2.05) is 0 Å². The molecule has 1 rings (SSSR count). The summed E-state index contributed by atoms with van der Waals surface area (Å²) >= 11 is 0. The first-order valence-electron chi connectivity index (χ1n) is 2.55. The molecule has 2 nitrogen and oxygen atoms in total. The zero-order valence-electron chi connectivity index (χ0n) is 4.55. The van der Waals surface area contributed by atoms with Crippen LogP contribution in [0, 0.1) is 12.3 Å². The lowest BCUT2D eigenvalue weighted by atomic mass is 10.1. The van der Waals surface area contributed by atoms with E-state index in [1.165, 1.54) is 0 Å². The Morgan fingerprint density at radius 3 is 2.75 bits per heavy atom. The first-order chi connectivity index (χ1) is 3.77.